The third-order valence-electron chi connectivity index (χ3n) is 8.49. The predicted octanol–water partition coefficient (Wildman–Crippen LogP) is 4.54. The second kappa shape index (κ2) is 3.73. The molecule has 6 fully saturated rings. The smallest absolute Gasteiger partial charge is 0.143 e. The molecule has 1 nitrogen and oxygen atoms in total. The summed E-state index contributed by atoms with van der Waals surface area (Å²) in [6.07, 6.45) is 12.0. The molecule has 5 bridgehead atoms. The van der Waals surface area contributed by atoms with E-state index in [0.717, 1.165) is 6.42 Å². The lowest BCUT2D eigenvalue weighted by molar-refractivity contribution is -0.139. The number of carbonyl (C=O) groups excluding carboxylic acids is 1. The van der Waals surface area contributed by atoms with Crippen LogP contribution in [0.2, 0.25) is 0 Å². The largest absolute Gasteiger partial charge is 0.299 e. The molecule has 2 spiro atoms. The number of hydrogen-bond donors (Lipinski definition) is 0. The summed E-state index contributed by atoms with van der Waals surface area (Å²) in [6, 6.07) is 0. The highest BCUT2D eigenvalue weighted by Crippen LogP contribution is 2.78. The number of Topliss-reactive ketones (excluding diaryl/α,β-unsaturated/α-hetero) is 1. The average molecular weight is 282 g/mol. The van der Waals surface area contributed by atoms with Gasteiger partial charge in [-0.15, -0.1) is 6.58 Å². The van der Waals surface area contributed by atoms with Crippen molar-refractivity contribution in [3.8, 4) is 0 Å². The van der Waals surface area contributed by atoms with Crippen molar-refractivity contribution in [1.29, 1.82) is 0 Å². The van der Waals surface area contributed by atoms with Crippen molar-refractivity contribution in [2.45, 2.75) is 51.4 Å². The molecule has 7 atom stereocenters. The van der Waals surface area contributed by atoms with Crippen molar-refractivity contribution in [1.82, 2.24) is 0 Å². The molecule has 0 aromatic carbocycles. The van der Waals surface area contributed by atoms with E-state index in [1.165, 1.54) is 50.5 Å². The molecule has 0 aromatic heterocycles. The molecule has 6 aliphatic rings. The van der Waals surface area contributed by atoms with Gasteiger partial charge in [0.1, 0.15) is 5.78 Å². The highest BCUT2D eigenvalue weighted by atomic mass is 16.1. The zero-order valence-corrected chi connectivity index (χ0v) is 12.9. The van der Waals surface area contributed by atoms with Gasteiger partial charge in [-0.1, -0.05) is 24.6 Å². The van der Waals surface area contributed by atoms with Crippen molar-refractivity contribution in [2.75, 3.05) is 0 Å². The first-order chi connectivity index (χ1) is 10.1. The van der Waals surface area contributed by atoms with Crippen molar-refractivity contribution < 1.29 is 4.79 Å². The molecule has 0 heterocycles. The lowest BCUT2D eigenvalue weighted by Crippen LogP contribution is -2.54. The Kier molecular flexibility index (Phi) is 2.25. The zero-order valence-electron chi connectivity index (χ0n) is 12.9. The quantitative estimate of drug-likeness (QED) is 0.645. The molecule has 6 saturated carbocycles. The van der Waals surface area contributed by atoms with E-state index in [-0.39, 0.29) is 5.41 Å². The minimum Gasteiger partial charge on any atom is -0.299 e. The summed E-state index contributed by atoms with van der Waals surface area (Å²) in [5.41, 5.74) is 1.86. The molecule has 0 N–H and O–H groups in total. The molecule has 21 heavy (non-hydrogen) atoms. The molecule has 0 saturated heterocycles. The Morgan fingerprint density at radius 1 is 1.19 bits per heavy atom. The average Bonchev–Trinajstić information content (AvgIpc) is 2.61. The Morgan fingerprint density at radius 2 is 2.05 bits per heavy atom. The van der Waals surface area contributed by atoms with Crippen LogP contribution in [0.1, 0.15) is 51.4 Å². The van der Waals surface area contributed by atoms with Gasteiger partial charge in [-0.05, 0) is 74.0 Å². The van der Waals surface area contributed by atoms with Gasteiger partial charge in [0.15, 0.2) is 0 Å². The standard InChI is InChI=1S/C20H26O/c1-3-13-5-4-7-20-15(13)6-8-19-11-12(2)14(10-17(19)20)9-16(19)18(20)21/h3,13-17H,1-2,4-11H2. The number of carbonyl (C=O) groups is 1. The van der Waals surface area contributed by atoms with Crippen LogP contribution in [0.3, 0.4) is 0 Å². The summed E-state index contributed by atoms with van der Waals surface area (Å²) >= 11 is 0. The van der Waals surface area contributed by atoms with Gasteiger partial charge in [-0.2, -0.15) is 0 Å². The summed E-state index contributed by atoms with van der Waals surface area (Å²) in [5, 5.41) is 0. The molecule has 0 radical (unpaired) electrons. The minimum atomic E-state index is 0.0511. The fourth-order valence-electron chi connectivity index (χ4n) is 7.86. The van der Waals surface area contributed by atoms with Crippen molar-refractivity contribution in [2.24, 2.45) is 40.4 Å². The third kappa shape index (κ3) is 1.18. The van der Waals surface area contributed by atoms with E-state index in [9.17, 15) is 4.79 Å². The molecule has 112 valence electrons. The van der Waals surface area contributed by atoms with E-state index in [2.05, 4.69) is 19.2 Å². The van der Waals surface area contributed by atoms with E-state index in [1.54, 1.807) is 0 Å². The predicted molar refractivity (Wildman–Crippen MR) is 83.6 cm³/mol. The first-order valence-electron chi connectivity index (χ1n) is 8.98. The van der Waals surface area contributed by atoms with Gasteiger partial charge in [0.05, 0.1) is 0 Å². The van der Waals surface area contributed by atoms with E-state index < -0.39 is 0 Å². The Hall–Kier alpha value is -0.850. The van der Waals surface area contributed by atoms with Crippen LogP contribution in [0.5, 0.6) is 0 Å². The summed E-state index contributed by atoms with van der Waals surface area (Å²) in [7, 11) is 0. The van der Waals surface area contributed by atoms with Crippen LogP contribution < -0.4 is 0 Å². The lowest BCUT2D eigenvalue weighted by Gasteiger charge is -2.60. The Morgan fingerprint density at radius 3 is 2.86 bits per heavy atom. The van der Waals surface area contributed by atoms with E-state index in [1.807, 2.05) is 0 Å². The Bertz CT molecular complexity index is 560. The van der Waals surface area contributed by atoms with Crippen LogP contribution in [0.15, 0.2) is 24.8 Å². The second-order valence-electron chi connectivity index (χ2n) is 8.68. The Labute approximate surface area is 127 Å². The monoisotopic (exact) mass is 282 g/mol. The lowest BCUT2D eigenvalue weighted by atomic mass is 9.43. The van der Waals surface area contributed by atoms with Gasteiger partial charge >= 0.3 is 0 Å². The fraction of sp³-hybridized carbons (Fsp3) is 0.750. The topological polar surface area (TPSA) is 17.1 Å². The number of fused-ring (bicyclic) bond motifs is 1. The van der Waals surface area contributed by atoms with Crippen LogP contribution in [-0.4, -0.2) is 5.78 Å². The van der Waals surface area contributed by atoms with Crippen molar-refractivity contribution in [3.05, 3.63) is 24.8 Å². The maximum absolute atomic E-state index is 13.5. The highest BCUT2D eigenvalue weighted by Gasteiger charge is 2.75. The number of ketones is 1. The molecule has 0 aliphatic heterocycles. The zero-order chi connectivity index (χ0) is 14.4. The SMILES string of the molecule is C=CC1CCCC23C(=O)C4CC5CC2C4(CCC13)CC5=C. The van der Waals surface area contributed by atoms with Gasteiger partial charge in [-0.3, -0.25) is 4.79 Å². The van der Waals surface area contributed by atoms with Gasteiger partial charge in [-0.25, -0.2) is 0 Å². The highest BCUT2D eigenvalue weighted by molar-refractivity contribution is 5.93. The molecule has 1 heteroatoms. The summed E-state index contributed by atoms with van der Waals surface area (Å²) < 4.78 is 0. The van der Waals surface area contributed by atoms with Crippen LogP contribution in [0.25, 0.3) is 0 Å². The second-order valence-corrected chi connectivity index (χ2v) is 8.68. The third-order valence-corrected chi connectivity index (χ3v) is 8.49. The Balaban J connectivity index is 1.69. The molecule has 0 amide bonds. The maximum Gasteiger partial charge on any atom is 0.143 e. The molecule has 0 aromatic rings. The summed E-state index contributed by atoms with van der Waals surface area (Å²) in [4.78, 5) is 13.5. The van der Waals surface area contributed by atoms with E-state index >= 15 is 0 Å². The molecular weight excluding hydrogens is 256 g/mol. The normalized spacial score (nSPS) is 57.2. The number of hydrogen-bond acceptors (Lipinski definition) is 1. The van der Waals surface area contributed by atoms with Crippen LogP contribution in [0, 0.1) is 40.4 Å². The van der Waals surface area contributed by atoms with E-state index in [4.69, 9.17) is 0 Å². The van der Waals surface area contributed by atoms with Gasteiger partial charge in [0.2, 0.25) is 0 Å². The first kappa shape index (κ1) is 12.7. The van der Waals surface area contributed by atoms with Crippen molar-refractivity contribution >= 4 is 5.78 Å². The molecular formula is C20H26O. The summed E-state index contributed by atoms with van der Waals surface area (Å²) in [6.45, 7) is 8.46. The molecule has 6 rings (SSSR count). The van der Waals surface area contributed by atoms with Crippen LogP contribution in [0.4, 0.5) is 0 Å². The maximum atomic E-state index is 13.5. The van der Waals surface area contributed by atoms with Crippen LogP contribution in [-0.2, 0) is 4.79 Å². The van der Waals surface area contributed by atoms with Crippen molar-refractivity contribution in [3.63, 3.8) is 0 Å². The van der Waals surface area contributed by atoms with Gasteiger partial charge < -0.3 is 0 Å². The molecule has 7 unspecified atom stereocenters. The van der Waals surface area contributed by atoms with Gasteiger partial charge in [0.25, 0.3) is 0 Å². The number of allylic oxidation sites excluding steroid dienone is 2. The van der Waals surface area contributed by atoms with Crippen LogP contribution >= 0.6 is 0 Å². The van der Waals surface area contributed by atoms with E-state index in [0.29, 0.717) is 40.8 Å². The fourth-order valence-corrected chi connectivity index (χ4v) is 7.86. The van der Waals surface area contributed by atoms with Gasteiger partial charge in [0, 0.05) is 11.3 Å². The first-order valence-corrected chi connectivity index (χ1v) is 8.98. The summed E-state index contributed by atoms with van der Waals surface area (Å²) in [5.74, 6) is 3.64. The molecule has 6 aliphatic carbocycles. The number of rotatable bonds is 1. The minimum absolute atomic E-state index is 0.0511.